The van der Waals surface area contributed by atoms with Crippen molar-refractivity contribution in [1.29, 1.82) is 0 Å². The molecule has 1 N–H and O–H groups in total. The van der Waals surface area contributed by atoms with E-state index in [4.69, 9.17) is 9.90 Å². The average Bonchev–Trinajstić information content (AvgIpc) is 2.96. The number of rotatable bonds is 12. The molecule has 296 valence electrons. The van der Waals surface area contributed by atoms with Crippen LogP contribution in [0.1, 0.15) is 29.7 Å². The van der Waals surface area contributed by atoms with Gasteiger partial charge in [0, 0.05) is 89.5 Å². The van der Waals surface area contributed by atoms with Crippen molar-refractivity contribution in [2.24, 2.45) is 0 Å². The molecule has 0 saturated heterocycles. The minimum absolute atomic E-state index is 0. The molecule has 4 aromatic heterocycles. The molecule has 0 amide bonds. The normalized spacial score (nSPS) is 13.6. The first-order valence-corrected chi connectivity index (χ1v) is 18.5. The quantitative estimate of drug-likeness (QED) is 0.0845. The Morgan fingerprint density at radius 3 is 0.907 bits per heavy atom. The van der Waals surface area contributed by atoms with E-state index in [0.717, 1.165) is 29.7 Å². The summed E-state index contributed by atoms with van der Waals surface area (Å²) in [5.74, 6) is -1.08. The minimum Gasteiger partial charge on any atom is -0.390 e. The van der Waals surface area contributed by atoms with Gasteiger partial charge in [0.25, 0.3) is 0 Å². The summed E-state index contributed by atoms with van der Waals surface area (Å²) in [4.78, 5) is 31.1. The first kappa shape index (κ1) is 53.3. The summed E-state index contributed by atoms with van der Waals surface area (Å²) in [7, 11) is -21.3. The van der Waals surface area contributed by atoms with Crippen molar-refractivity contribution in [3.8, 4) is 0 Å². The zero-order valence-electron chi connectivity index (χ0n) is 28.3. The number of aliphatic carboxylic acids is 1. The predicted octanol–water partition coefficient (Wildman–Crippen LogP) is 8.85. The molecule has 0 aliphatic heterocycles. The van der Waals surface area contributed by atoms with E-state index in [0.29, 0.717) is 39.3 Å². The van der Waals surface area contributed by atoms with Gasteiger partial charge in [-0.25, -0.2) is 0 Å². The van der Waals surface area contributed by atoms with Gasteiger partial charge in [-0.2, -0.15) is 0 Å². The number of pyridine rings is 4. The summed E-state index contributed by atoms with van der Waals surface area (Å²) < 4.78 is 118. The summed E-state index contributed by atoms with van der Waals surface area (Å²) in [6.45, 7) is 4.50. The number of carbonyl (C=O) groups excluding carboxylic acids is 1. The van der Waals surface area contributed by atoms with E-state index in [9.17, 15) is 55.5 Å². The number of carboxylic acid groups (broad SMARTS) is 1. The standard InChI is InChI=1S/C27H30N6O.C2H4O2.2F6P.2Zn/c34-27(21-32(17-23-9-1-5-13-28-23)18-24-10-2-6-14-29-24)22-33(19-25-11-3-7-15-30-25)20-26-12-4-8-16-31-26;1-2(3)4;2*1-7(2,3,4,5)6;;/h1-16,27,34H,17-22H2;1H3,(H,3,4);;;;/q;;2*-1;;+2/p-1. The van der Waals surface area contributed by atoms with Crippen molar-refractivity contribution in [3.63, 3.8) is 0 Å². The largest absolute Gasteiger partial charge is 2.00 e. The monoisotopic (exact) mass is 931 g/mol. The number of aliphatic hydroxyl groups excluding tert-OH is 1. The van der Waals surface area contributed by atoms with Crippen molar-refractivity contribution < 1.29 is 104 Å². The maximum atomic E-state index is 11.1. The summed E-state index contributed by atoms with van der Waals surface area (Å²) >= 11 is 0. The van der Waals surface area contributed by atoms with E-state index >= 15 is 0 Å². The van der Waals surface area contributed by atoms with Crippen molar-refractivity contribution in [1.82, 2.24) is 29.7 Å². The number of carbonyl (C=O) groups is 1. The molecule has 0 unspecified atom stereocenters. The number of hydrogen-bond donors (Lipinski definition) is 1. The zero-order valence-corrected chi connectivity index (χ0v) is 36.1. The second kappa shape index (κ2) is 20.4. The summed E-state index contributed by atoms with van der Waals surface area (Å²) in [5, 5.41) is 20.0. The molecular weight excluding hydrogens is 901 g/mol. The Bertz CT molecular complexity index is 1420. The van der Waals surface area contributed by atoms with Gasteiger partial charge in [-0.1, -0.05) is 24.3 Å². The van der Waals surface area contributed by atoms with Gasteiger partial charge in [0.05, 0.1) is 28.9 Å². The molecule has 4 rings (SSSR count). The SMILES string of the molecule is CC(=O)[O-].F[P-](F)(F)(F)(F)F.F[P-](F)(F)(F)(F)F.OC(CN(Cc1ccccn1)Cc1ccccn1)CN(Cc1ccccn1)Cc1ccccn1.[Zn+2].[Zn]. The summed E-state index contributed by atoms with van der Waals surface area (Å²) in [5.41, 5.74) is 3.85. The van der Waals surface area contributed by atoms with Crippen LogP contribution in [0.5, 0.6) is 0 Å². The third kappa shape index (κ3) is 40.4. The van der Waals surface area contributed by atoms with Crippen molar-refractivity contribution >= 4 is 21.6 Å². The van der Waals surface area contributed by atoms with Crippen molar-refractivity contribution in [3.05, 3.63) is 120 Å². The van der Waals surface area contributed by atoms with Crippen LogP contribution in [-0.2, 0) is 69.9 Å². The molecule has 54 heavy (non-hydrogen) atoms. The minimum atomic E-state index is -10.7. The maximum Gasteiger partial charge on any atom is 2.00 e. The van der Waals surface area contributed by atoms with Crippen LogP contribution in [0.2, 0.25) is 0 Å². The third-order valence-electron chi connectivity index (χ3n) is 5.38. The Labute approximate surface area is 327 Å². The number of carboxylic acids is 1. The first-order chi connectivity index (χ1) is 23.4. The van der Waals surface area contributed by atoms with Gasteiger partial charge in [-0.15, -0.1) is 0 Å². The molecule has 9 nitrogen and oxygen atoms in total. The van der Waals surface area contributed by atoms with Crippen LogP contribution in [0.15, 0.2) is 97.6 Å². The average molecular weight is 934 g/mol. The first-order valence-electron chi connectivity index (χ1n) is 14.4. The van der Waals surface area contributed by atoms with Crippen LogP contribution in [0.25, 0.3) is 0 Å². The van der Waals surface area contributed by atoms with E-state index in [1.807, 2.05) is 72.8 Å². The van der Waals surface area contributed by atoms with Crippen LogP contribution in [-0.4, -0.2) is 60.0 Å². The van der Waals surface area contributed by atoms with E-state index in [-0.39, 0.29) is 39.0 Å². The predicted molar refractivity (Wildman–Crippen MR) is 169 cm³/mol. The number of hydrogen-bond acceptors (Lipinski definition) is 9. The Hall–Kier alpha value is -2.78. The van der Waals surface area contributed by atoms with E-state index in [2.05, 4.69) is 29.7 Å². The van der Waals surface area contributed by atoms with Gasteiger partial charge in [0.2, 0.25) is 0 Å². The second-order valence-corrected chi connectivity index (χ2v) is 14.5. The fourth-order valence-corrected chi connectivity index (χ4v) is 3.91. The Morgan fingerprint density at radius 2 is 0.759 bits per heavy atom. The van der Waals surface area contributed by atoms with Crippen LogP contribution >= 0.6 is 15.6 Å². The summed E-state index contributed by atoms with van der Waals surface area (Å²) in [6.07, 6.45) is 6.62. The van der Waals surface area contributed by atoms with Gasteiger partial charge in [0.15, 0.2) is 0 Å². The fourth-order valence-electron chi connectivity index (χ4n) is 3.91. The van der Waals surface area contributed by atoms with Gasteiger partial charge in [-0.3, -0.25) is 29.7 Å². The molecule has 0 aromatic carbocycles. The van der Waals surface area contributed by atoms with Gasteiger partial charge < -0.3 is 15.0 Å². The zero-order chi connectivity index (χ0) is 39.8. The van der Waals surface area contributed by atoms with Crippen LogP contribution < -0.4 is 5.11 Å². The molecule has 0 spiro atoms. The molecule has 25 heteroatoms. The number of nitrogens with zero attached hydrogens (tertiary/aromatic N) is 6. The van der Waals surface area contributed by atoms with Crippen LogP contribution in [0, 0.1) is 0 Å². The fraction of sp³-hybridized carbons (Fsp3) is 0.276. The van der Waals surface area contributed by atoms with E-state index < -0.39 is 27.7 Å². The Morgan fingerprint density at radius 1 is 0.574 bits per heavy atom. The van der Waals surface area contributed by atoms with Crippen LogP contribution in [0.3, 0.4) is 0 Å². The molecule has 0 bridgehead atoms. The number of aromatic nitrogens is 4. The Kier molecular flexibility index (Phi) is 20.1. The molecular formula is C29H33F12N6O3P2Zn2-. The molecule has 0 atom stereocenters. The third-order valence-corrected chi connectivity index (χ3v) is 5.38. The smallest absolute Gasteiger partial charge is 0.390 e. The molecule has 4 heterocycles. The van der Waals surface area contributed by atoms with Crippen molar-refractivity contribution in [2.45, 2.75) is 39.2 Å². The molecule has 0 aliphatic rings. The van der Waals surface area contributed by atoms with E-state index in [1.165, 1.54) is 0 Å². The molecule has 0 fully saturated rings. The van der Waals surface area contributed by atoms with Gasteiger partial charge in [0.1, 0.15) is 0 Å². The van der Waals surface area contributed by atoms with Crippen LogP contribution in [0.4, 0.5) is 50.4 Å². The van der Waals surface area contributed by atoms with Gasteiger partial charge in [-0.05, 0) is 55.5 Å². The molecule has 4 aromatic rings. The second-order valence-electron chi connectivity index (χ2n) is 10.7. The number of aliphatic hydroxyl groups is 1. The molecule has 0 saturated carbocycles. The molecule has 0 radical (unpaired) electrons. The summed E-state index contributed by atoms with van der Waals surface area (Å²) in [6, 6.07) is 23.6. The maximum absolute atomic E-state index is 11.1. The topological polar surface area (TPSA) is 118 Å². The molecule has 0 aliphatic carbocycles. The van der Waals surface area contributed by atoms with Crippen molar-refractivity contribution in [2.75, 3.05) is 13.1 Å². The number of halogens is 12. The van der Waals surface area contributed by atoms with Gasteiger partial charge >= 0.3 is 85.5 Å². The Balaban J connectivity index is 0. The van der Waals surface area contributed by atoms with E-state index in [1.54, 1.807) is 24.8 Å².